The van der Waals surface area contributed by atoms with Gasteiger partial charge in [0.15, 0.2) is 5.13 Å². The standard InChI is InChI=1S/C16H17N3S2/c1-2-4-15-13(3-1)18-16(21-15)17-7-9-19-8-5-14-12(11-19)6-10-20-14/h1-4,6,10H,5,7-9,11H2,(H,17,18). The molecule has 0 aliphatic carbocycles. The summed E-state index contributed by atoms with van der Waals surface area (Å²) in [5.41, 5.74) is 2.61. The van der Waals surface area contributed by atoms with E-state index in [0.717, 1.165) is 30.3 Å². The van der Waals surface area contributed by atoms with Gasteiger partial charge in [0.1, 0.15) is 0 Å². The van der Waals surface area contributed by atoms with E-state index in [1.807, 2.05) is 17.4 Å². The third-order valence-corrected chi connectivity index (χ3v) is 5.90. The second-order valence-electron chi connectivity index (χ2n) is 5.31. The Hall–Kier alpha value is -1.43. The molecule has 108 valence electrons. The number of benzene rings is 1. The van der Waals surface area contributed by atoms with E-state index in [0.29, 0.717) is 0 Å². The summed E-state index contributed by atoms with van der Waals surface area (Å²) in [6.45, 7) is 4.31. The van der Waals surface area contributed by atoms with Gasteiger partial charge < -0.3 is 5.32 Å². The number of anilines is 1. The van der Waals surface area contributed by atoms with Crippen LogP contribution in [0.2, 0.25) is 0 Å². The number of aromatic nitrogens is 1. The molecule has 1 aromatic carbocycles. The molecular formula is C16H17N3S2. The largest absolute Gasteiger partial charge is 0.360 e. The number of rotatable bonds is 4. The van der Waals surface area contributed by atoms with Crippen molar-refractivity contribution in [2.24, 2.45) is 0 Å². The molecule has 0 atom stereocenters. The van der Waals surface area contributed by atoms with Gasteiger partial charge in [-0.05, 0) is 35.6 Å². The maximum absolute atomic E-state index is 4.61. The van der Waals surface area contributed by atoms with Crippen LogP contribution < -0.4 is 5.32 Å². The molecule has 3 aromatic rings. The van der Waals surface area contributed by atoms with Gasteiger partial charge >= 0.3 is 0 Å². The van der Waals surface area contributed by atoms with Crippen LogP contribution >= 0.6 is 22.7 Å². The third-order valence-electron chi connectivity index (χ3n) is 3.88. The summed E-state index contributed by atoms with van der Waals surface area (Å²) in [5.74, 6) is 0. The van der Waals surface area contributed by atoms with Gasteiger partial charge in [0, 0.05) is 31.1 Å². The van der Waals surface area contributed by atoms with Gasteiger partial charge in [0.25, 0.3) is 0 Å². The summed E-state index contributed by atoms with van der Waals surface area (Å²) in [4.78, 5) is 8.71. The van der Waals surface area contributed by atoms with Gasteiger partial charge in [-0.2, -0.15) is 0 Å². The molecule has 0 bridgehead atoms. The number of nitrogens with one attached hydrogen (secondary N) is 1. The van der Waals surface area contributed by atoms with E-state index < -0.39 is 0 Å². The topological polar surface area (TPSA) is 28.2 Å². The van der Waals surface area contributed by atoms with Crippen LogP contribution in [-0.4, -0.2) is 29.5 Å². The van der Waals surface area contributed by atoms with Crippen LogP contribution in [0.5, 0.6) is 0 Å². The highest BCUT2D eigenvalue weighted by Gasteiger charge is 2.16. The number of hydrogen-bond donors (Lipinski definition) is 1. The molecule has 4 rings (SSSR count). The number of para-hydroxylation sites is 1. The summed E-state index contributed by atoms with van der Waals surface area (Å²) in [7, 11) is 0. The van der Waals surface area contributed by atoms with Gasteiger partial charge in [-0.3, -0.25) is 4.90 Å². The molecule has 0 spiro atoms. The van der Waals surface area contributed by atoms with E-state index in [-0.39, 0.29) is 0 Å². The third kappa shape index (κ3) is 2.81. The second-order valence-corrected chi connectivity index (χ2v) is 7.34. The van der Waals surface area contributed by atoms with E-state index in [9.17, 15) is 0 Å². The molecule has 0 radical (unpaired) electrons. The Bertz CT molecular complexity index is 714. The molecule has 0 saturated carbocycles. The van der Waals surface area contributed by atoms with E-state index in [1.165, 1.54) is 23.2 Å². The monoisotopic (exact) mass is 315 g/mol. The van der Waals surface area contributed by atoms with Crippen molar-refractivity contribution in [3.8, 4) is 0 Å². The Morgan fingerprint density at radius 2 is 2.19 bits per heavy atom. The first kappa shape index (κ1) is 13.2. The smallest absolute Gasteiger partial charge is 0.183 e. The van der Waals surface area contributed by atoms with E-state index in [2.05, 4.69) is 44.8 Å². The fourth-order valence-electron chi connectivity index (χ4n) is 2.77. The number of thiazole rings is 1. The maximum Gasteiger partial charge on any atom is 0.183 e. The van der Waals surface area contributed by atoms with Crippen molar-refractivity contribution >= 4 is 38.0 Å². The van der Waals surface area contributed by atoms with Crippen molar-refractivity contribution in [3.05, 3.63) is 46.2 Å². The zero-order valence-electron chi connectivity index (χ0n) is 11.7. The van der Waals surface area contributed by atoms with Crippen molar-refractivity contribution in [2.75, 3.05) is 25.0 Å². The van der Waals surface area contributed by atoms with Crippen LogP contribution in [0.3, 0.4) is 0 Å². The van der Waals surface area contributed by atoms with Crippen molar-refractivity contribution in [3.63, 3.8) is 0 Å². The molecule has 1 N–H and O–H groups in total. The van der Waals surface area contributed by atoms with Gasteiger partial charge in [0.2, 0.25) is 0 Å². The summed E-state index contributed by atoms with van der Waals surface area (Å²) in [6, 6.07) is 10.6. The van der Waals surface area contributed by atoms with Crippen LogP contribution in [0.25, 0.3) is 10.2 Å². The molecule has 3 heterocycles. The molecule has 0 unspecified atom stereocenters. The highest BCUT2D eigenvalue weighted by Crippen LogP contribution is 2.26. The first-order valence-corrected chi connectivity index (χ1v) is 8.95. The highest BCUT2D eigenvalue weighted by atomic mass is 32.1. The van der Waals surface area contributed by atoms with Crippen molar-refractivity contribution in [1.29, 1.82) is 0 Å². The Labute approximate surface area is 132 Å². The van der Waals surface area contributed by atoms with Gasteiger partial charge in [-0.15, -0.1) is 11.3 Å². The lowest BCUT2D eigenvalue weighted by atomic mass is 10.1. The van der Waals surface area contributed by atoms with Crippen LogP contribution in [-0.2, 0) is 13.0 Å². The lowest BCUT2D eigenvalue weighted by molar-refractivity contribution is 0.266. The van der Waals surface area contributed by atoms with E-state index in [4.69, 9.17) is 0 Å². The predicted octanol–water partition coefficient (Wildman–Crippen LogP) is 3.83. The molecule has 5 heteroatoms. The molecule has 2 aromatic heterocycles. The molecule has 0 amide bonds. The predicted molar refractivity (Wildman–Crippen MR) is 91.4 cm³/mol. The lowest BCUT2D eigenvalue weighted by Crippen LogP contribution is -2.33. The molecule has 21 heavy (non-hydrogen) atoms. The molecule has 1 aliphatic rings. The minimum atomic E-state index is 0.958. The number of hydrogen-bond acceptors (Lipinski definition) is 5. The normalized spacial score (nSPS) is 15.2. The minimum Gasteiger partial charge on any atom is -0.360 e. The number of nitrogens with zero attached hydrogens (tertiary/aromatic N) is 2. The summed E-state index contributed by atoms with van der Waals surface area (Å²) in [5, 5.41) is 6.72. The minimum absolute atomic E-state index is 0.958. The zero-order chi connectivity index (χ0) is 14.1. The Morgan fingerprint density at radius 1 is 1.24 bits per heavy atom. The van der Waals surface area contributed by atoms with Gasteiger partial charge in [-0.25, -0.2) is 4.98 Å². The fraction of sp³-hybridized carbons (Fsp3) is 0.312. The summed E-state index contributed by atoms with van der Waals surface area (Å²) in [6.07, 6.45) is 1.20. The maximum atomic E-state index is 4.61. The summed E-state index contributed by atoms with van der Waals surface area (Å²) < 4.78 is 1.25. The van der Waals surface area contributed by atoms with Crippen LogP contribution in [0.1, 0.15) is 10.4 Å². The average Bonchev–Trinajstić information content (AvgIpc) is 3.12. The van der Waals surface area contributed by atoms with E-state index >= 15 is 0 Å². The molecule has 3 nitrogen and oxygen atoms in total. The van der Waals surface area contributed by atoms with Crippen LogP contribution in [0, 0.1) is 0 Å². The lowest BCUT2D eigenvalue weighted by Gasteiger charge is -2.26. The molecular weight excluding hydrogens is 298 g/mol. The Kier molecular flexibility index (Phi) is 3.63. The quantitative estimate of drug-likeness (QED) is 0.793. The summed E-state index contributed by atoms with van der Waals surface area (Å²) >= 11 is 3.63. The van der Waals surface area contributed by atoms with E-state index in [1.54, 1.807) is 16.2 Å². The average molecular weight is 315 g/mol. The first-order valence-electron chi connectivity index (χ1n) is 7.25. The van der Waals surface area contributed by atoms with Gasteiger partial charge in [-0.1, -0.05) is 23.5 Å². The van der Waals surface area contributed by atoms with Crippen LogP contribution in [0.4, 0.5) is 5.13 Å². The molecule has 1 aliphatic heterocycles. The Morgan fingerprint density at radius 3 is 3.14 bits per heavy atom. The van der Waals surface area contributed by atoms with Crippen molar-refractivity contribution in [2.45, 2.75) is 13.0 Å². The number of thiophene rings is 1. The van der Waals surface area contributed by atoms with Crippen molar-refractivity contribution in [1.82, 2.24) is 9.88 Å². The molecule has 0 saturated heterocycles. The molecule has 0 fully saturated rings. The zero-order valence-corrected chi connectivity index (χ0v) is 13.3. The van der Waals surface area contributed by atoms with Crippen LogP contribution in [0.15, 0.2) is 35.7 Å². The highest BCUT2D eigenvalue weighted by molar-refractivity contribution is 7.22. The van der Waals surface area contributed by atoms with Crippen molar-refractivity contribution < 1.29 is 0 Å². The first-order chi connectivity index (χ1) is 10.4. The van der Waals surface area contributed by atoms with Gasteiger partial charge in [0.05, 0.1) is 10.2 Å². The number of fused-ring (bicyclic) bond motifs is 2. The second kappa shape index (κ2) is 5.75. The SMILES string of the molecule is c1ccc2sc(NCCN3CCc4sccc4C3)nc2c1. The Balaban J connectivity index is 1.33. The fourth-order valence-corrected chi connectivity index (χ4v) is 4.55.